The van der Waals surface area contributed by atoms with Crippen LogP contribution in [0.3, 0.4) is 0 Å². The molecule has 2 aromatic rings. The highest BCUT2D eigenvalue weighted by atomic mass is 14.6. The first-order valence-corrected chi connectivity index (χ1v) is 5.93. The largest absolute Gasteiger partial charge is 0.257 e. The Bertz CT molecular complexity index is 485. The van der Waals surface area contributed by atoms with Crippen molar-refractivity contribution >= 4 is 12.2 Å². The molecule has 88 valence electrons. The second kappa shape index (κ2) is 7.02. The number of pyridine rings is 1. The average Bonchev–Trinajstić information content (AvgIpc) is 2.45. The summed E-state index contributed by atoms with van der Waals surface area (Å²) >= 11 is 0. The molecule has 0 saturated heterocycles. The summed E-state index contributed by atoms with van der Waals surface area (Å²) in [6.45, 7) is 0. The van der Waals surface area contributed by atoms with E-state index in [1.165, 1.54) is 5.56 Å². The van der Waals surface area contributed by atoms with E-state index in [2.05, 4.69) is 23.2 Å². The third kappa shape index (κ3) is 4.22. The molecule has 1 aromatic heterocycles. The minimum atomic E-state index is 0.967. The van der Waals surface area contributed by atoms with Crippen LogP contribution in [0.1, 0.15) is 11.3 Å². The Hall–Kier alpha value is -2.41. The smallest absolute Gasteiger partial charge is 0.0629 e. The van der Waals surface area contributed by atoms with Crippen LogP contribution in [0.25, 0.3) is 12.2 Å². The van der Waals surface area contributed by atoms with Gasteiger partial charge in [0.2, 0.25) is 0 Å². The summed E-state index contributed by atoms with van der Waals surface area (Å²) in [7, 11) is 0. The zero-order chi connectivity index (χ0) is 12.5. The zero-order valence-electron chi connectivity index (χ0n) is 10.1. The molecular weight excluding hydrogens is 218 g/mol. The topological polar surface area (TPSA) is 12.9 Å². The van der Waals surface area contributed by atoms with Gasteiger partial charge >= 0.3 is 0 Å². The highest BCUT2D eigenvalue weighted by Crippen LogP contribution is 2.01. The summed E-state index contributed by atoms with van der Waals surface area (Å²) < 4.78 is 0. The van der Waals surface area contributed by atoms with Gasteiger partial charge in [-0.2, -0.15) is 0 Å². The molecule has 0 fully saturated rings. The van der Waals surface area contributed by atoms with E-state index in [0.717, 1.165) is 5.69 Å². The lowest BCUT2D eigenvalue weighted by atomic mass is 10.2. The molecule has 0 radical (unpaired) electrons. The fourth-order valence-corrected chi connectivity index (χ4v) is 1.49. The van der Waals surface area contributed by atoms with Gasteiger partial charge < -0.3 is 0 Å². The van der Waals surface area contributed by atoms with Crippen molar-refractivity contribution in [3.8, 4) is 0 Å². The minimum Gasteiger partial charge on any atom is -0.257 e. The lowest BCUT2D eigenvalue weighted by Crippen LogP contribution is -1.74. The normalized spacial score (nSPS) is 11.8. The average molecular weight is 233 g/mol. The van der Waals surface area contributed by atoms with Gasteiger partial charge in [0.25, 0.3) is 0 Å². The number of nitrogens with zero attached hydrogens (tertiary/aromatic N) is 1. The van der Waals surface area contributed by atoms with Crippen molar-refractivity contribution in [2.45, 2.75) is 0 Å². The van der Waals surface area contributed by atoms with Crippen molar-refractivity contribution < 1.29 is 0 Å². The van der Waals surface area contributed by atoms with Crippen LogP contribution in [0.5, 0.6) is 0 Å². The van der Waals surface area contributed by atoms with Gasteiger partial charge in [0.15, 0.2) is 0 Å². The third-order valence-electron chi connectivity index (χ3n) is 2.38. The van der Waals surface area contributed by atoms with Crippen molar-refractivity contribution in [3.63, 3.8) is 0 Å². The van der Waals surface area contributed by atoms with Gasteiger partial charge in [0.1, 0.15) is 0 Å². The van der Waals surface area contributed by atoms with Crippen LogP contribution in [0.2, 0.25) is 0 Å². The molecule has 0 bridgehead atoms. The predicted molar refractivity (Wildman–Crippen MR) is 77.9 cm³/mol. The maximum atomic E-state index is 4.21. The number of aromatic nitrogens is 1. The fourth-order valence-electron chi connectivity index (χ4n) is 1.49. The zero-order valence-corrected chi connectivity index (χ0v) is 10.1. The van der Waals surface area contributed by atoms with E-state index in [4.69, 9.17) is 0 Å². The Labute approximate surface area is 108 Å². The van der Waals surface area contributed by atoms with Gasteiger partial charge in [-0.25, -0.2) is 0 Å². The van der Waals surface area contributed by atoms with Crippen LogP contribution >= 0.6 is 0 Å². The molecule has 1 nitrogen and oxygen atoms in total. The monoisotopic (exact) mass is 233 g/mol. The fraction of sp³-hybridized carbons (Fsp3) is 0. The molecule has 0 saturated carbocycles. The van der Waals surface area contributed by atoms with E-state index in [9.17, 15) is 0 Å². The molecule has 0 aliphatic rings. The summed E-state index contributed by atoms with van der Waals surface area (Å²) in [5.41, 5.74) is 2.17. The van der Waals surface area contributed by atoms with Crippen LogP contribution < -0.4 is 0 Å². The molecule has 1 heterocycles. The summed E-state index contributed by atoms with van der Waals surface area (Å²) in [5.74, 6) is 0. The van der Waals surface area contributed by atoms with Crippen molar-refractivity contribution in [3.05, 3.63) is 90.3 Å². The summed E-state index contributed by atoms with van der Waals surface area (Å²) in [6.07, 6.45) is 13.9. The maximum absolute atomic E-state index is 4.21. The van der Waals surface area contributed by atoms with Crippen LogP contribution in [0.4, 0.5) is 0 Å². The van der Waals surface area contributed by atoms with E-state index in [-0.39, 0.29) is 0 Å². The molecule has 0 amide bonds. The molecule has 0 aliphatic carbocycles. The number of hydrogen-bond acceptors (Lipinski definition) is 1. The van der Waals surface area contributed by atoms with E-state index < -0.39 is 0 Å². The van der Waals surface area contributed by atoms with E-state index in [1.54, 1.807) is 6.20 Å². The van der Waals surface area contributed by atoms with Gasteiger partial charge in [0, 0.05) is 6.20 Å². The van der Waals surface area contributed by atoms with Crippen LogP contribution in [-0.4, -0.2) is 4.98 Å². The lowest BCUT2D eigenvalue weighted by molar-refractivity contribution is 1.30. The van der Waals surface area contributed by atoms with Gasteiger partial charge in [-0.15, -0.1) is 0 Å². The molecule has 18 heavy (non-hydrogen) atoms. The van der Waals surface area contributed by atoms with Crippen molar-refractivity contribution in [1.29, 1.82) is 0 Å². The minimum absolute atomic E-state index is 0.967. The Balaban J connectivity index is 1.86. The first kappa shape index (κ1) is 12.1. The van der Waals surface area contributed by atoms with E-state index in [1.807, 2.05) is 66.8 Å². The number of benzene rings is 1. The Morgan fingerprint density at radius 2 is 1.39 bits per heavy atom. The van der Waals surface area contributed by atoms with Gasteiger partial charge in [-0.1, -0.05) is 66.8 Å². The third-order valence-corrected chi connectivity index (χ3v) is 2.38. The quantitative estimate of drug-likeness (QED) is 0.715. The van der Waals surface area contributed by atoms with Crippen molar-refractivity contribution in [2.24, 2.45) is 0 Å². The van der Waals surface area contributed by atoms with E-state index >= 15 is 0 Å². The highest BCUT2D eigenvalue weighted by Gasteiger charge is 1.81. The van der Waals surface area contributed by atoms with E-state index in [0.29, 0.717) is 0 Å². The molecule has 0 N–H and O–H groups in total. The van der Waals surface area contributed by atoms with Gasteiger partial charge in [-0.3, -0.25) is 4.98 Å². The maximum Gasteiger partial charge on any atom is 0.0629 e. The SMILES string of the molecule is C(=C\C=C\c1ccccn1)/C=C/c1ccccc1. The van der Waals surface area contributed by atoms with Crippen molar-refractivity contribution in [1.82, 2.24) is 4.98 Å². The van der Waals surface area contributed by atoms with Gasteiger partial charge in [0.05, 0.1) is 5.69 Å². The highest BCUT2D eigenvalue weighted by molar-refractivity contribution is 5.51. The molecule has 1 aromatic carbocycles. The first-order chi connectivity index (χ1) is 8.95. The number of allylic oxidation sites excluding steroid dienone is 4. The standard InChI is InChI=1S/C17H15N/c1(4-10-16-11-5-3-6-12-16)2-7-13-17-14-8-9-15-18-17/h1-15H/b2-1+,10-4+,13-7+. The van der Waals surface area contributed by atoms with Crippen LogP contribution in [0, 0.1) is 0 Å². The second-order valence-electron chi connectivity index (χ2n) is 3.77. The molecule has 0 unspecified atom stereocenters. The van der Waals surface area contributed by atoms with Crippen molar-refractivity contribution in [2.75, 3.05) is 0 Å². The molecule has 0 atom stereocenters. The molecule has 0 spiro atoms. The summed E-state index contributed by atoms with van der Waals surface area (Å²) in [5, 5.41) is 0. The van der Waals surface area contributed by atoms with Crippen LogP contribution in [0.15, 0.2) is 79.0 Å². The Morgan fingerprint density at radius 3 is 2.11 bits per heavy atom. The summed E-state index contributed by atoms with van der Waals surface area (Å²) in [6, 6.07) is 16.1. The first-order valence-electron chi connectivity index (χ1n) is 5.93. The van der Waals surface area contributed by atoms with Crippen LogP contribution in [-0.2, 0) is 0 Å². The summed E-state index contributed by atoms with van der Waals surface area (Å²) in [4.78, 5) is 4.21. The van der Waals surface area contributed by atoms with Gasteiger partial charge in [-0.05, 0) is 23.8 Å². The second-order valence-corrected chi connectivity index (χ2v) is 3.77. The number of rotatable bonds is 4. The number of hydrogen-bond donors (Lipinski definition) is 0. The molecule has 0 aliphatic heterocycles. The Kier molecular flexibility index (Phi) is 4.70. The molecule has 2 rings (SSSR count). The lowest BCUT2D eigenvalue weighted by Gasteiger charge is -1.88. The Morgan fingerprint density at radius 1 is 0.667 bits per heavy atom. The molecular formula is C17H15N. The predicted octanol–water partition coefficient (Wildman–Crippen LogP) is 4.36. The molecule has 1 heteroatoms.